The monoisotopic (exact) mass is 402 g/mol. The molecule has 4 nitrogen and oxygen atoms in total. The average molecular weight is 403 g/mol. The quantitative estimate of drug-likeness (QED) is 0.521. The highest BCUT2D eigenvalue weighted by molar-refractivity contribution is 6.07. The third-order valence-electron chi connectivity index (χ3n) is 5.65. The van der Waals surface area contributed by atoms with Gasteiger partial charge in [0.15, 0.2) is 0 Å². The molecule has 1 N–H and O–H groups in total. The fraction of sp³-hybridized carbons (Fsp3) is 0.385. The summed E-state index contributed by atoms with van der Waals surface area (Å²) in [5, 5.41) is 4.18. The van der Waals surface area contributed by atoms with Crippen LogP contribution in [0.1, 0.15) is 62.7 Å². The van der Waals surface area contributed by atoms with Gasteiger partial charge < -0.3 is 10.1 Å². The van der Waals surface area contributed by atoms with Crippen molar-refractivity contribution in [3.8, 4) is 17.0 Å². The molecule has 4 heteroatoms. The second-order valence-electron chi connectivity index (χ2n) is 8.43. The highest BCUT2D eigenvalue weighted by Gasteiger charge is 2.19. The minimum absolute atomic E-state index is 0.00339. The van der Waals surface area contributed by atoms with E-state index in [1.807, 2.05) is 68.4 Å². The maximum atomic E-state index is 13.3. The molecule has 1 aliphatic rings. The number of hydrogen-bond donors (Lipinski definition) is 1. The number of para-hydroxylation sites is 1. The number of ether oxygens (including phenoxy) is 1. The number of hydrogen-bond acceptors (Lipinski definition) is 3. The van der Waals surface area contributed by atoms with Gasteiger partial charge in [-0.2, -0.15) is 0 Å². The Hall–Kier alpha value is -2.88. The predicted molar refractivity (Wildman–Crippen MR) is 122 cm³/mol. The molecular weight excluding hydrogens is 372 g/mol. The summed E-state index contributed by atoms with van der Waals surface area (Å²) >= 11 is 0. The van der Waals surface area contributed by atoms with Gasteiger partial charge in [0.1, 0.15) is 5.75 Å². The summed E-state index contributed by atoms with van der Waals surface area (Å²) in [5.41, 5.74) is 3.25. The molecule has 0 bridgehead atoms. The third kappa shape index (κ3) is 4.81. The molecule has 0 aliphatic heterocycles. The molecule has 0 saturated heterocycles. The molecule has 1 saturated carbocycles. The second kappa shape index (κ2) is 9.29. The number of nitrogens with one attached hydrogen (secondary N) is 1. The standard InChI is InChI=1S/C26H30N2O2/c1-18(2)30-21-13-9-10-19(16-21)25-17-23(22-14-7-8-15-24(22)28-25)26(29)27-20-11-5-3-4-6-12-20/h7-10,13-18,20H,3-6,11-12H2,1-2H3,(H,27,29). The molecule has 0 radical (unpaired) electrons. The van der Waals surface area contributed by atoms with Crippen molar-refractivity contribution in [2.24, 2.45) is 0 Å². The van der Waals surface area contributed by atoms with E-state index in [-0.39, 0.29) is 18.1 Å². The van der Waals surface area contributed by atoms with Crippen molar-refractivity contribution in [1.29, 1.82) is 0 Å². The number of pyridine rings is 1. The molecule has 0 spiro atoms. The maximum absolute atomic E-state index is 13.3. The fourth-order valence-electron chi connectivity index (χ4n) is 4.20. The Morgan fingerprint density at radius 1 is 1.00 bits per heavy atom. The Balaban J connectivity index is 1.70. The molecule has 2 aromatic carbocycles. The van der Waals surface area contributed by atoms with Gasteiger partial charge in [-0.3, -0.25) is 4.79 Å². The third-order valence-corrected chi connectivity index (χ3v) is 5.65. The van der Waals surface area contributed by atoms with E-state index in [1.54, 1.807) is 0 Å². The summed E-state index contributed by atoms with van der Waals surface area (Å²) in [5.74, 6) is 0.804. The molecule has 4 rings (SSSR count). The number of aromatic nitrogens is 1. The van der Waals surface area contributed by atoms with Crippen molar-refractivity contribution >= 4 is 16.8 Å². The Morgan fingerprint density at radius 3 is 2.53 bits per heavy atom. The highest BCUT2D eigenvalue weighted by atomic mass is 16.5. The maximum Gasteiger partial charge on any atom is 0.252 e. The zero-order valence-electron chi connectivity index (χ0n) is 17.9. The van der Waals surface area contributed by atoms with E-state index < -0.39 is 0 Å². The van der Waals surface area contributed by atoms with E-state index in [9.17, 15) is 4.79 Å². The average Bonchev–Trinajstić information content (AvgIpc) is 3.01. The SMILES string of the molecule is CC(C)Oc1cccc(-c2cc(C(=O)NC3CCCCCC3)c3ccccc3n2)c1. The summed E-state index contributed by atoms with van der Waals surface area (Å²) in [6.07, 6.45) is 7.15. The van der Waals surface area contributed by atoms with Crippen molar-refractivity contribution in [3.63, 3.8) is 0 Å². The lowest BCUT2D eigenvalue weighted by atomic mass is 10.0. The summed E-state index contributed by atoms with van der Waals surface area (Å²) in [7, 11) is 0. The predicted octanol–water partition coefficient (Wildman–Crippen LogP) is 6.14. The lowest BCUT2D eigenvalue weighted by molar-refractivity contribution is 0.0935. The van der Waals surface area contributed by atoms with E-state index in [0.29, 0.717) is 5.56 Å². The molecule has 0 atom stereocenters. The fourth-order valence-corrected chi connectivity index (χ4v) is 4.20. The van der Waals surface area contributed by atoms with E-state index in [2.05, 4.69) is 5.32 Å². The summed E-state index contributed by atoms with van der Waals surface area (Å²) in [6.45, 7) is 4.02. The smallest absolute Gasteiger partial charge is 0.252 e. The molecule has 1 amide bonds. The molecule has 1 aliphatic carbocycles. The molecule has 1 aromatic heterocycles. The lowest BCUT2D eigenvalue weighted by Crippen LogP contribution is -2.34. The van der Waals surface area contributed by atoms with Gasteiger partial charge in [-0.05, 0) is 51.0 Å². The first-order valence-corrected chi connectivity index (χ1v) is 11.1. The molecule has 0 unspecified atom stereocenters. The molecule has 1 heterocycles. The van der Waals surface area contributed by atoms with Crippen LogP contribution in [0.3, 0.4) is 0 Å². The van der Waals surface area contributed by atoms with Gasteiger partial charge in [0, 0.05) is 17.0 Å². The molecule has 3 aromatic rings. The second-order valence-corrected chi connectivity index (χ2v) is 8.43. The van der Waals surface area contributed by atoms with E-state index >= 15 is 0 Å². The Morgan fingerprint density at radius 2 is 1.77 bits per heavy atom. The van der Waals surface area contributed by atoms with E-state index in [0.717, 1.165) is 40.8 Å². The van der Waals surface area contributed by atoms with Gasteiger partial charge in [-0.25, -0.2) is 4.98 Å². The Bertz CT molecular complexity index is 1020. The van der Waals surface area contributed by atoms with Gasteiger partial charge in [0.05, 0.1) is 22.9 Å². The first-order chi connectivity index (χ1) is 14.6. The largest absolute Gasteiger partial charge is 0.491 e. The van der Waals surface area contributed by atoms with Gasteiger partial charge in [0.2, 0.25) is 0 Å². The number of benzene rings is 2. The molecule has 156 valence electrons. The minimum atomic E-state index is -0.00339. The molecular formula is C26H30N2O2. The summed E-state index contributed by atoms with van der Waals surface area (Å²) < 4.78 is 5.85. The van der Waals surface area contributed by atoms with Crippen LogP contribution in [0.5, 0.6) is 5.75 Å². The normalized spacial score (nSPS) is 15.2. The van der Waals surface area contributed by atoms with Crippen LogP contribution in [-0.2, 0) is 0 Å². The van der Waals surface area contributed by atoms with Crippen LogP contribution < -0.4 is 10.1 Å². The van der Waals surface area contributed by atoms with Crippen molar-refractivity contribution < 1.29 is 9.53 Å². The lowest BCUT2D eigenvalue weighted by Gasteiger charge is -2.18. The number of nitrogens with zero attached hydrogens (tertiary/aromatic N) is 1. The van der Waals surface area contributed by atoms with Crippen LogP contribution in [0, 0.1) is 0 Å². The first kappa shape index (κ1) is 20.4. The van der Waals surface area contributed by atoms with Crippen LogP contribution in [0.15, 0.2) is 54.6 Å². The van der Waals surface area contributed by atoms with E-state index in [1.165, 1.54) is 25.7 Å². The van der Waals surface area contributed by atoms with E-state index in [4.69, 9.17) is 9.72 Å². The van der Waals surface area contributed by atoms with Crippen molar-refractivity contribution in [2.45, 2.75) is 64.5 Å². The van der Waals surface area contributed by atoms with Crippen LogP contribution in [0.2, 0.25) is 0 Å². The van der Waals surface area contributed by atoms with Crippen LogP contribution in [-0.4, -0.2) is 23.0 Å². The van der Waals surface area contributed by atoms with Crippen molar-refractivity contribution in [3.05, 3.63) is 60.2 Å². The van der Waals surface area contributed by atoms with Gasteiger partial charge in [-0.15, -0.1) is 0 Å². The highest BCUT2D eigenvalue weighted by Crippen LogP contribution is 2.28. The van der Waals surface area contributed by atoms with Gasteiger partial charge >= 0.3 is 0 Å². The minimum Gasteiger partial charge on any atom is -0.491 e. The number of carbonyl (C=O) groups is 1. The summed E-state index contributed by atoms with van der Waals surface area (Å²) in [6, 6.07) is 18.0. The Kier molecular flexibility index (Phi) is 6.32. The Labute approximate surface area is 178 Å². The zero-order chi connectivity index (χ0) is 20.9. The summed E-state index contributed by atoms with van der Waals surface area (Å²) in [4.78, 5) is 18.1. The van der Waals surface area contributed by atoms with Gasteiger partial charge in [-0.1, -0.05) is 56.0 Å². The zero-order valence-corrected chi connectivity index (χ0v) is 17.9. The van der Waals surface area contributed by atoms with Gasteiger partial charge in [0.25, 0.3) is 5.91 Å². The molecule has 1 fully saturated rings. The van der Waals surface area contributed by atoms with Crippen molar-refractivity contribution in [1.82, 2.24) is 10.3 Å². The molecule has 30 heavy (non-hydrogen) atoms. The van der Waals surface area contributed by atoms with Crippen LogP contribution in [0.4, 0.5) is 0 Å². The number of fused-ring (bicyclic) bond motifs is 1. The number of rotatable bonds is 5. The van der Waals surface area contributed by atoms with Crippen LogP contribution >= 0.6 is 0 Å². The first-order valence-electron chi connectivity index (χ1n) is 11.1. The number of amides is 1. The van der Waals surface area contributed by atoms with Crippen molar-refractivity contribution in [2.75, 3.05) is 0 Å². The topological polar surface area (TPSA) is 51.2 Å². The van der Waals surface area contributed by atoms with Crippen LogP contribution in [0.25, 0.3) is 22.2 Å². The number of carbonyl (C=O) groups excluding carboxylic acids is 1.